The van der Waals surface area contributed by atoms with Crippen molar-refractivity contribution in [1.29, 1.82) is 0 Å². The molecule has 4 nitrogen and oxygen atoms in total. The summed E-state index contributed by atoms with van der Waals surface area (Å²) in [4.78, 5) is 0. The van der Waals surface area contributed by atoms with Crippen LogP contribution in [-0.4, -0.2) is 17.6 Å². The Kier molecular flexibility index (Phi) is 6.89. The maximum atomic E-state index is 13.1. The van der Waals surface area contributed by atoms with Gasteiger partial charge in [0.2, 0.25) is 0 Å². The molecule has 0 aliphatic carbocycles. The highest BCUT2D eigenvalue weighted by molar-refractivity contribution is 5.98. The van der Waals surface area contributed by atoms with Gasteiger partial charge in [0.25, 0.3) is 0 Å². The second-order valence-electron chi connectivity index (χ2n) is 4.40. The number of amidine groups is 1. The van der Waals surface area contributed by atoms with E-state index < -0.39 is 5.82 Å². The van der Waals surface area contributed by atoms with Crippen LogP contribution in [0.2, 0.25) is 0 Å². The molecule has 106 valence electrons. The zero-order chi connectivity index (χ0) is 14.1. The van der Waals surface area contributed by atoms with E-state index >= 15 is 0 Å². The van der Waals surface area contributed by atoms with Gasteiger partial charge in [-0.05, 0) is 24.1 Å². The van der Waals surface area contributed by atoms with E-state index in [1.807, 2.05) is 0 Å². The molecule has 0 saturated heterocycles. The summed E-state index contributed by atoms with van der Waals surface area (Å²) in [6.07, 6.45) is 4.54. The first-order valence-electron chi connectivity index (χ1n) is 6.53. The Balaban J connectivity index is 2.53. The van der Waals surface area contributed by atoms with Crippen LogP contribution in [0.3, 0.4) is 0 Å². The maximum absolute atomic E-state index is 13.1. The number of hydrogen-bond acceptors (Lipinski definition) is 3. The highest BCUT2D eigenvalue weighted by Crippen LogP contribution is 2.13. The lowest BCUT2D eigenvalue weighted by molar-refractivity contribution is 0.116. The maximum Gasteiger partial charge on any atom is 0.170 e. The van der Waals surface area contributed by atoms with Crippen molar-refractivity contribution < 1.29 is 14.3 Å². The van der Waals surface area contributed by atoms with E-state index in [4.69, 9.17) is 15.7 Å². The number of benzene rings is 1. The molecule has 5 heteroatoms. The van der Waals surface area contributed by atoms with Crippen molar-refractivity contribution in [2.75, 3.05) is 6.61 Å². The number of oxime groups is 1. The molecule has 0 fully saturated rings. The molecule has 3 N–H and O–H groups in total. The molecule has 1 rings (SSSR count). The average molecular weight is 268 g/mol. The van der Waals surface area contributed by atoms with Crippen LogP contribution in [0.1, 0.15) is 43.7 Å². The molecule has 0 amide bonds. The number of nitrogens with two attached hydrogens (primary N) is 1. The van der Waals surface area contributed by atoms with Crippen LogP contribution in [0.15, 0.2) is 23.4 Å². The van der Waals surface area contributed by atoms with Crippen molar-refractivity contribution >= 4 is 5.84 Å². The first kappa shape index (κ1) is 15.4. The van der Waals surface area contributed by atoms with Gasteiger partial charge in [-0.2, -0.15) is 0 Å². The Morgan fingerprint density at radius 2 is 2.16 bits per heavy atom. The second-order valence-corrected chi connectivity index (χ2v) is 4.40. The standard InChI is InChI=1S/C14H21FN2O2/c1-2-3-4-5-8-19-10-11-6-7-12(15)9-13(11)14(16)17-18/h6-7,9,18H,2-5,8,10H2,1H3,(H2,16,17). The lowest BCUT2D eigenvalue weighted by Crippen LogP contribution is -2.16. The third kappa shape index (κ3) is 5.26. The quantitative estimate of drug-likeness (QED) is 0.250. The molecule has 1 aromatic rings. The fourth-order valence-electron chi connectivity index (χ4n) is 1.78. The number of hydrogen-bond donors (Lipinski definition) is 2. The van der Waals surface area contributed by atoms with Gasteiger partial charge in [-0.25, -0.2) is 4.39 Å². The van der Waals surface area contributed by atoms with E-state index in [1.165, 1.54) is 25.0 Å². The Labute approximate surface area is 113 Å². The van der Waals surface area contributed by atoms with Gasteiger partial charge in [0, 0.05) is 12.2 Å². The monoisotopic (exact) mass is 268 g/mol. The molecule has 0 unspecified atom stereocenters. The minimum Gasteiger partial charge on any atom is -0.409 e. The SMILES string of the molecule is CCCCCCOCc1ccc(F)cc1C(N)=NO. The van der Waals surface area contributed by atoms with Gasteiger partial charge in [0.1, 0.15) is 5.82 Å². The van der Waals surface area contributed by atoms with Crippen LogP contribution in [0, 0.1) is 5.82 Å². The zero-order valence-electron chi connectivity index (χ0n) is 11.2. The number of unbranched alkanes of at least 4 members (excludes halogenated alkanes) is 3. The number of ether oxygens (including phenoxy) is 1. The van der Waals surface area contributed by atoms with Crippen molar-refractivity contribution in [3.8, 4) is 0 Å². The third-order valence-corrected chi connectivity index (χ3v) is 2.86. The molecular weight excluding hydrogens is 247 g/mol. The van der Waals surface area contributed by atoms with Crippen LogP contribution in [0.25, 0.3) is 0 Å². The van der Waals surface area contributed by atoms with Crippen LogP contribution in [-0.2, 0) is 11.3 Å². The molecule has 0 aliphatic heterocycles. The van der Waals surface area contributed by atoms with Gasteiger partial charge in [-0.15, -0.1) is 0 Å². The first-order valence-corrected chi connectivity index (χ1v) is 6.53. The van der Waals surface area contributed by atoms with E-state index in [0.29, 0.717) is 24.3 Å². The predicted octanol–water partition coefficient (Wildman–Crippen LogP) is 3.02. The van der Waals surface area contributed by atoms with Gasteiger partial charge in [0.15, 0.2) is 5.84 Å². The predicted molar refractivity (Wildman–Crippen MR) is 72.7 cm³/mol. The molecule has 0 heterocycles. The second kappa shape index (κ2) is 8.48. The number of nitrogens with zero attached hydrogens (tertiary/aromatic N) is 1. The normalized spacial score (nSPS) is 11.8. The van der Waals surface area contributed by atoms with Gasteiger partial charge < -0.3 is 15.7 Å². The van der Waals surface area contributed by atoms with Crippen LogP contribution in [0.5, 0.6) is 0 Å². The van der Waals surface area contributed by atoms with Crippen molar-refractivity contribution in [2.24, 2.45) is 10.9 Å². The summed E-state index contributed by atoms with van der Waals surface area (Å²) >= 11 is 0. The molecule has 0 bridgehead atoms. The lowest BCUT2D eigenvalue weighted by Gasteiger charge is -2.09. The highest BCUT2D eigenvalue weighted by atomic mass is 19.1. The molecule has 0 aromatic heterocycles. The summed E-state index contributed by atoms with van der Waals surface area (Å²) in [6, 6.07) is 4.17. The minimum atomic E-state index is -0.423. The van der Waals surface area contributed by atoms with E-state index in [0.717, 1.165) is 12.8 Å². The number of rotatable bonds is 8. The fourth-order valence-corrected chi connectivity index (χ4v) is 1.78. The molecule has 19 heavy (non-hydrogen) atoms. The first-order chi connectivity index (χ1) is 9.19. The Morgan fingerprint density at radius 3 is 2.84 bits per heavy atom. The van der Waals surface area contributed by atoms with Gasteiger partial charge in [-0.3, -0.25) is 0 Å². The van der Waals surface area contributed by atoms with Crippen molar-refractivity contribution in [3.05, 3.63) is 35.1 Å². The van der Waals surface area contributed by atoms with Gasteiger partial charge in [-0.1, -0.05) is 37.4 Å². The Hall–Kier alpha value is -1.62. The van der Waals surface area contributed by atoms with Crippen molar-refractivity contribution in [3.63, 3.8) is 0 Å². The fraction of sp³-hybridized carbons (Fsp3) is 0.500. The zero-order valence-corrected chi connectivity index (χ0v) is 11.2. The summed E-state index contributed by atoms with van der Waals surface area (Å²) in [6.45, 7) is 3.15. The highest BCUT2D eigenvalue weighted by Gasteiger charge is 2.08. The Morgan fingerprint density at radius 1 is 1.37 bits per heavy atom. The van der Waals surface area contributed by atoms with Crippen LogP contribution < -0.4 is 5.73 Å². The van der Waals surface area contributed by atoms with Crippen LogP contribution >= 0.6 is 0 Å². The lowest BCUT2D eigenvalue weighted by atomic mass is 10.1. The van der Waals surface area contributed by atoms with E-state index in [9.17, 15) is 4.39 Å². The third-order valence-electron chi connectivity index (χ3n) is 2.86. The molecular formula is C14H21FN2O2. The van der Waals surface area contributed by atoms with E-state index in [-0.39, 0.29) is 5.84 Å². The Bertz CT molecular complexity index is 422. The van der Waals surface area contributed by atoms with E-state index in [1.54, 1.807) is 6.07 Å². The topological polar surface area (TPSA) is 67.8 Å². The van der Waals surface area contributed by atoms with E-state index in [2.05, 4.69) is 12.1 Å². The molecule has 0 aliphatic rings. The smallest absolute Gasteiger partial charge is 0.170 e. The summed E-state index contributed by atoms with van der Waals surface area (Å²) in [7, 11) is 0. The molecule has 0 atom stereocenters. The van der Waals surface area contributed by atoms with Crippen LogP contribution in [0.4, 0.5) is 4.39 Å². The summed E-state index contributed by atoms with van der Waals surface area (Å²) in [5.74, 6) is -0.530. The summed E-state index contributed by atoms with van der Waals surface area (Å²) < 4.78 is 18.7. The molecule has 0 saturated carbocycles. The van der Waals surface area contributed by atoms with Gasteiger partial charge >= 0.3 is 0 Å². The van der Waals surface area contributed by atoms with Gasteiger partial charge in [0.05, 0.1) is 6.61 Å². The minimum absolute atomic E-state index is 0.107. The number of halogens is 1. The molecule has 1 aromatic carbocycles. The average Bonchev–Trinajstić information content (AvgIpc) is 2.43. The molecule has 0 radical (unpaired) electrons. The van der Waals surface area contributed by atoms with Crippen molar-refractivity contribution in [2.45, 2.75) is 39.2 Å². The van der Waals surface area contributed by atoms with Crippen molar-refractivity contribution in [1.82, 2.24) is 0 Å². The molecule has 0 spiro atoms. The summed E-state index contributed by atoms with van der Waals surface area (Å²) in [5.41, 5.74) is 6.60. The largest absolute Gasteiger partial charge is 0.409 e. The summed E-state index contributed by atoms with van der Waals surface area (Å²) in [5, 5.41) is 11.6.